The number of anilines is 1. The first-order chi connectivity index (χ1) is 16.7. The van der Waals surface area contributed by atoms with E-state index in [1.165, 1.54) is 19.1 Å². The van der Waals surface area contributed by atoms with Crippen molar-refractivity contribution >= 4 is 28.6 Å². The van der Waals surface area contributed by atoms with E-state index in [-0.39, 0.29) is 18.1 Å². The van der Waals surface area contributed by atoms with Gasteiger partial charge < -0.3 is 15.0 Å². The summed E-state index contributed by atoms with van der Waals surface area (Å²) in [5.41, 5.74) is 1.89. The predicted molar refractivity (Wildman–Crippen MR) is 121 cm³/mol. The molecule has 180 valence electrons. The molecule has 1 unspecified atom stereocenters. The molecule has 0 saturated heterocycles. The van der Waals surface area contributed by atoms with Gasteiger partial charge in [0.25, 0.3) is 5.91 Å². The Labute approximate surface area is 196 Å². The topological polar surface area (TPSA) is 84.1 Å². The number of nitrogens with zero attached hydrogens (tertiary/aromatic N) is 1. The third-order valence-corrected chi connectivity index (χ3v) is 5.32. The average molecular weight is 485 g/mol. The number of rotatable bonds is 6. The van der Waals surface area contributed by atoms with E-state index < -0.39 is 46.9 Å². The number of esters is 1. The lowest BCUT2D eigenvalue weighted by molar-refractivity contribution is -0.124. The summed E-state index contributed by atoms with van der Waals surface area (Å²) in [5, 5.41) is 1.76. The molecule has 10 heteroatoms. The van der Waals surface area contributed by atoms with E-state index in [2.05, 4.69) is 9.97 Å². The van der Waals surface area contributed by atoms with Gasteiger partial charge in [0.05, 0.1) is 16.6 Å². The first-order valence-electron chi connectivity index (χ1n) is 10.6. The van der Waals surface area contributed by atoms with Gasteiger partial charge in [0.15, 0.2) is 29.4 Å². The molecule has 2 N–H and O–H groups in total. The monoisotopic (exact) mass is 485 g/mol. The van der Waals surface area contributed by atoms with Crippen molar-refractivity contribution in [2.24, 2.45) is 0 Å². The predicted octanol–water partition coefficient (Wildman–Crippen LogP) is 5.67. The van der Waals surface area contributed by atoms with Crippen molar-refractivity contribution in [2.45, 2.75) is 26.4 Å². The highest BCUT2D eigenvalue weighted by molar-refractivity contribution is 5.99. The zero-order chi connectivity index (χ0) is 25.3. The highest BCUT2D eigenvalue weighted by Gasteiger charge is 2.27. The maximum atomic E-state index is 13.9. The number of nitrogens with one attached hydrogen (secondary N) is 2. The molecule has 0 saturated carbocycles. The maximum Gasteiger partial charge on any atom is 0.338 e. The van der Waals surface area contributed by atoms with Crippen molar-refractivity contribution in [3.8, 4) is 11.4 Å². The number of aromatic nitrogens is 2. The average Bonchev–Trinajstić information content (AvgIpc) is 3.27. The fraction of sp³-hybridized carbons (Fsp3) is 0.160. The number of hydrogen-bond donors (Lipinski definition) is 2. The summed E-state index contributed by atoms with van der Waals surface area (Å²) in [6, 6.07) is 12.3. The van der Waals surface area contributed by atoms with Gasteiger partial charge in [-0.1, -0.05) is 36.8 Å². The smallest absolute Gasteiger partial charge is 0.338 e. The molecule has 6 nitrogen and oxygen atoms in total. The Morgan fingerprint density at radius 3 is 2.29 bits per heavy atom. The Morgan fingerprint density at radius 1 is 1.00 bits per heavy atom. The molecule has 1 amide bonds. The molecule has 0 radical (unpaired) electrons. The molecule has 4 aromatic rings. The summed E-state index contributed by atoms with van der Waals surface area (Å²) < 4.78 is 59.8. The fourth-order valence-corrected chi connectivity index (χ4v) is 3.39. The largest absolute Gasteiger partial charge is 0.449 e. The Hall–Kier alpha value is -4.21. The number of aromatic amines is 1. The first kappa shape index (κ1) is 23.9. The minimum absolute atomic E-state index is 0.0213. The summed E-state index contributed by atoms with van der Waals surface area (Å²) in [4.78, 5) is 32.7. The Balaban J connectivity index is 1.52. The number of H-pyrrole nitrogens is 1. The lowest BCUT2D eigenvalue weighted by Gasteiger charge is -2.17. The lowest BCUT2D eigenvalue weighted by atomic mass is 10.1. The standard InChI is InChI=1S/C25H19F4N3O3/c1-3-19(24(33)32-22-20(28)15(26)11-16(27)21(22)29)35-25(34)14-8-9-17-18(10-14)31-23(30-17)13-6-4-12(2)5-7-13/h4-11,19H,3H2,1-2H3,(H,30,31)(H,32,33). The molecule has 1 atom stereocenters. The molecule has 4 rings (SSSR count). The maximum absolute atomic E-state index is 13.9. The van der Waals surface area contributed by atoms with Crippen LogP contribution in [0.3, 0.4) is 0 Å². The highest BCUT2D eigenvalue weighted by atomic mass is 19.2. The molecule has 0 spiro atoms. The van der Waals surface area contributed by atoms with Crippen molar-refractivity contribution in [3.63, 3.8) is 0 Å². The third kappa shape index (κ3) is 4.86. The number of imidazole rings is 1. The van der Waals surface area contributed by atoms with Crippen LogP contribution in [0.1, 0.15) is 29.3 Å². The van der Waals surface area contributed by atoms with Crippen molar-refractivity contribution in [1.29, 1.82) is 0 Å². The molecule has 0 aliphatic carbocycles. The second-order valence-electron chi connectivity index (χ2n) is 7.82. The van der Waals surface area contributed by atoms with Crippen LogP contribution in [0.25, 0.3) is 22.4 Å². The zero-order valence-electron chi connectivity index (χ0n) is 18.6. The van der Waals surface area contributed by atoms with E-state index in [0.29, 0.717) is 16.9 Å². The van der Waals surface area contributed by atoms with E-state index in [9.17, 15) is 27.2 Å². The number of aryl methyl sites for hydroxylation is 1. The van der Waals surface area contributed by atoms with Crippen LogP contribution < -0.4 is 5.32 Å². The number of carbonyl (C=O) groups is 2. The molecule has 0 aliphatic heterocycles. The molecule has 0 fully saturated rings. The minimum Gasteiger partial charge on any atom is -0.449 e. The van der Waals surface area contributed by atoms with Gasteiger partial charge in [0.1, 0.15) is 11.5 Å². The van der Waals surface area contributed by atoms with Gasteiger partial charge in [-0.15, -0.1) is 0 Å². The summed E-state index contributed by atoms with van der Waals surface area (Å²) in [7, 11) is 0. The van der Waals surface area contributed by atoms with E-state index in [1.54, 1.807) is 11.4 Å². The number of ether oxygens (including phenoxy) is 1. The van der Waals surface area contributed by atoms with Gasteiger partial charge in [-0.3, -0.25) is 4.79 Å². The molecule has 3 aromatic carbocycles. The van der Waals surface area contributed by atoms with Crippen LogP contribution >= 0.6 is 0 Å². The number of fused-ring (bicyclic) bond motifs is 1. The molecular weight excluding hydrogens is 466 g/mol. The van der Waals surface area contributed by atoms with Gasteiger partial charge in [-0.05, 0) is 31.5 Å². The summed E-state index contributed by atoms with van der Waals surface area (Å²) >= 11 is 0. The van der Waals surface area contributed by atoms with Crippen LogP contribution in [0.5, 0.6) is 0 Å². The van der Waals surface area contributed by atoms with E-state index in [0.717, 1.165) is 11.1 Å². The molecule has 1 heterocycles. The lowest BCUT2D eigenvalue weighted by Crippen LogP contribution is -2.33. The van der Waals surface area contributed by atoms with Crippen molar-refractivity contribution in [2.75, 3.05) is 5.32 Å². The zero-order valence-corrected chi connectivity index (χ0v) is 18.6. The van der Waals surface area contributed by atoms with Gasteiger partial charge in [0.2, 0.25) is 0 Å². The van der Waals surface area contributed by atoms with Gasteiger partial charge in [-0.2, -0.15) is 0 Å². The van der Waals surface area contributed by atoms with Crippen LogP contribution in [0.2, 0.25) is 0 Å². The van der Waals surface area contributed by atoms with Crippen LogP contribution in [0, 0.1) is 30.2 Å². The number of carbonyl (C=O) groups excluding carboxylic acids is 2. The number of halogens is 4. The van der Waals surface area contributed by atoms with Crippen molar-refractivity contribution < 1.29 is 31.9 Å². The molecular formula is C25H19F4N3O3. The van der Waals surface area contributed by atoms with Crippen LogP contribution in [-0.2, 0) is 9.53 Å². The number of hydrogen-bond acceptors (Lipinski definition) is 4. The first-order valence-corrected chi connectivity index (χ1v) is 10.6. The normalized spacial score (nSPS) is 11.9. The van der Waals surface area contributed by atoms with E-state index in [1.807, 2.05) is 31.2 Å². The van der Waals surface area contributed by atoms with Crippen molar-refractivity contribution in [3.05, 3.63) is 82.9 Å². The van der Waals surface area contributed by atoms with E-state index in [4.69, 9.17) is 4.74 Å². The van der Waals surface area contributed by atoms with Gasteiger partial charge in [0, 0.05) is 11.6 Å². The Morgan fingerprint density at radius 2 is 1.66 bits per heavy atom. The minimum atomic E-state index is -1.77. The second-order valence-corrected chi connectivity index (χ2v) is 7.82. The Kier molecular flexibility index (Phi) is 6.54. The molecule has 0 aliphatic rings. The van der Waals surface area contributed by atoms with Gasteiger partial charge >= 0.3 is 5.97 Å². The van der Waals surface area contributed by atoms with Crippen molar-refractivity contribution in [1.82, 2.24) is 9.97 Å². The second kappa shape index (κ2) is 9.57. The fourth-order valence-electron chi connectivity index (χ4n) is 3.39. The number of amides is 1. The summed E-state index contributed by atoms with van der Waals surface area (Å²) in [6.45, 7) is 3.45. The summed E-state index contributed by atoms with van der Waals surface area (Å²) in [6.07, 6.45) is -1.55. The van der Waals surface area contributed by atoms with Gasteiger partial charge in [-0.25, -0.2) is 27.3 Å². The highest BCUT2D eigenvalue weighted by Crippen LogP contribution is 2.25. The quantitative estimate of drug-likeness (QED) is 0.209. The molecule has 1 aromatic heterocycles. The van der Waals surface area contributed by atoms with Crippen LogP contribution in [0.15, 0.2) is 48.5 Å². The molecule has 0 bridgehead atoms. The van der Waals surface area contributed by atoms with Crippen LogP contribution in [0.4, 0.5) is 23.2 Å². The molecule has 35 heavy (non-hydrogen) atoms. The van der Waals surface area contributed by atoms with Crippen LogP contribution in [-0.4, -0.2) is 27.9 Å². The Bertz CT molecular complexity index is 1410. The SMILES string of the molecule is CCC(OC(=O)c1ccc2nc(-c3ccc(C)cc3)[nH]c2c1)C(=O)Nc1c(F)c(F)cc(F)c1F. The van der Waals surface area contributed by atoms with E-state index >= 15 is 0 Å². The summed E-state index contributed by atoms with van der Waals surface area (Å²) in [5.74, 6) is -8.33. The number of benzene rings is 3. The third-order valence-electron chi connectivity index (χ3n) is 5.32.